The van der Waals surface area contributed by atoms with Gasteiger partial charge in [0.1, 0.15) is 10.9 Å². The SMILES string of the molecule is COc1ccccc1C(=O)N1CCCN(C(=O)c2ccc3nc(Cl)ccc3c2)CC1. The van der Waals surface area contributed by atoms with Crippen LogP contribution in [0.4, 0.5) is 0 Å². The first-order valence-electron chi connectivity index (χ1n) is 9.85. The van der Waals surface area contributed by atoms with Crippen LogP contribution in [0.1, 0.15) is 27.1 Å². The van der Waals surface area contributed by atoms with Gasteiger partial charge in [0.2, 0.25) is 0 Å². The van der Waals surface area contributed by atoms with Crippen molar-refractivity contribution in [2.45, 2.75) is 6.42 Å². The first-order valence-corrected chi connectivity index (χ1v) is 10.2. The summed E-state index contributed by atoms with van der Waals surface area (Å²) in [5, 5.41) is 1.29. The summed E-state index contributed by atoms with van der Waals surface area (Å²) < 4.78 is 5.32. The van der Waals surface area contributed by atoms with Crippen molar-refractivity contribution in [3.8, 4) is 5.75 Å². The molecular weight excluding hydrogens is 402 g/mol. The first kappa shape index (κ1) is 20.2. The highest BCUT2D eigenvalue weighted by molar-refractivity contribution is 6.29. The van der Waals surface area contributed by atoms with Crippen molar-refractivity contribution in [3.05, 3.63) is 70.9 Å². The van der Waals surface area contributed by atoms with Gasteiger partial charge in [0.05, 0.1) is 18.2 Å². The minimum Gasteiger partial charge on any atom is -0.496 e. The molecule has 1 aliphatic rings. The molecule has 0 N–H and O–H groups in total. The lowest BCUT2D eigenvalue weighted by Crippen LogP contribution is -2.37. The second kappa shape index (κ2) is 8.71. The maximum atomic E-state index is 13.1. The molecule has 1 fully saturated rings. The third kappa shape index (κ3) is 4.09. The summed E-state index contributed by atoms with van der Waals surface area (Å²) in [5.74, 6) is 0.443. The summed E-state index contributed by atoms with van der Waals surface area (Å²) in [6, 6.07) is 16.2. The number of pyridine rings is 1. The van der Waals surface area contributed by atoms with Crippen LogP contribution in [0.3, 0.4) is 0 Å². The molecule has 0 saturated carbocycles. The van der Waals surface area contributed by atoms with E-state index in [-0.39, 0.29) is 11.8 Å². The highest BCUT2D eigenvalue weighted by Crippen LogP contribution is 2.21. The lowest BCUT2D eigenvalue weighted by Gasteiger charge is -2.23. The van der Waals surface area contributed by atoms with Crippen LogP contribution in [0.2, 0.25) is 5.15 Å². The number of methoxy groups -OCH3 is 1. The average Bonchev–Trinajstić information content (AvgIpc) is 3.04. The number of rotatable bonds is 3. The molecular formula is C23H22ClN3O3. The van der Waals surface area contributed by atoms with Crippen LogP contribution in [0.25, 0.3) is 10.9 Å². The topological polar surface area (TPSA) is 62.7 Å². The molecule has 2 amide bonds. The Hall–Kier alpha value is -3.12. The number of aromatic nitrogens is 1. The van der Waals surface area contributed by atoms with Gasteiger partial charge in [-0.15, -0.1) is 0 Å². The Labute approximate surface area is 180 Å². The van der Waals surface area contributed by atoms with Gasteiger partial charge in [0, 0.05) is 37.1 Å². The smallest absolute Gasteiger partial charge is 0.257 e. The standard InChI is InChI=1S/C23H22ClN3O3/c1-30-20-6-3-2-5-18(20)23(29)27-12-4-11-26(13-14-27)22(28)17-7-9-19-16(15-17)8-10-21(24)25-19/h2-3,5-10,15H,4,11-14H2,1H3. The number of carbonyl (C=O) groups is 2. The summed E-state index contributed by atoms with van der Waals surface area (Å²) in [7, 11) is 1.56. The van der Waals surface area contributed by atoms with Crippen LogP contribution in [-0.2, 0) is 0 Å². The number of benzene rings is 2. The Balaban J connectivity index is 1.48. The maximum Gasteiger partial charge on any atom is 0.257 e. The predicted molar refractivity (Wildman–Crippen MR) is 116 cm³/mol. The van der Waals surface area contributed by atoms with E-state index in [1.165, 1.54) is 0 Å². The molecule has 2 aromatic carbocycles. The number of para-hydroxylation sites is 1. The van der Waals surface area contributed by atoms with Crippen molar-refractivity contribution >= 4 is 34.3 Å². The molecule has 1 aromatic heterocycles. The van der Waals surface area contributed by atoms with Crippen LogP contribution in [0.15, 0.2) is 54.6 Å². The summed E-state index contributed by atoms with van der Waals surface area (Å²) >= 11 is 5.94. The fraction of sp³-hybridized carbons (Fsp3) is 0.261. The molecule has 0 bridgehead atoms. The first-order chi connectivity index (χ1) is 14.6. The quantitative estimate of drug-likeness (QED) is 0.600. The highest BCUT2D eigenvalue weighted by Gasteiger charge is 2.25. The maximum absolute atomic E-state index is 13.1. The van der Waals surface area contributed by atoms with Crippen LogP contribution in [0, 0.1) is 0 Å². The van der Waals surface area contributed by atoms with Crippen LogP contribution in [-0.4, -0.2) is 59.9 Å². The molecule has 6 nitrogen and oxygen atoms in total. The van der Waals surface area contributed by atoms with Crippen LogP contribution < -0.4 is 4.74 Å². The minimum atomic E-state index is -0.0737. The highest BCUT2D eigenvalue weighted by atomic mass is 35.5. The minimum absolute atomic E-state index is 0.0431. The van der Waals surface area contributed by atoms with Gasteiger partial charge in [-0.05, 0) is 48.9 Å². The molecule has 0 atom stereocenters. The molecule has 0 aliphatic carbocycles. The summed E-state index contributed by atoms with van der Waals surface area (Å²) in [6.07, 6.45) is 0.720. The summed E-state index contributed by atoms with van der Waals surface area (Å²) in [6.45, 7) is 2.16. The Morgan fingerprint density at radius 1 is 0.933 bits per heavy atom. The zero-order valence-corrected chi connectivity index (χ0v) is 17.4. The molecule has 3 aromatic rings. The number of halogens is 1. The second-order valence-corrected chi connectivity index (χ2v) is 7.57. The second-order valence-electron chi connectivity index (χ2n) is 7.18. The van der Waals surface area contributed by atoms with E-state index in [9.17, 15) is 9.59 Å². The molecule has 0 radical (unpaired) electrons. The Kier molecular flexibility index (Phi) is 5.86. The van der Waals surface area contributed by atoms with Crippen LogP contribution in [0.5, 0.6) is 5.75 Å². The zero-order valence-electron chi connectivity index (χ0n) is 16.7. The number of amides is 2. The van der Waals surface area contributed by atoms with Crippen molar-refractivity contribution in [1.29, 1.82) is 0 Å². The van der Waals surface area contributed by atoms with Gasteiger partial charge >= 0.3 is 0 Å². The molecule has 1 saturated heterocycles. The van der Waals surface area contributed by atoms with E-state index in [2.05, 4.69) is 4.98 Å². The van der Waals surface area contributed by atoms with Gasteiger partial charge < -0.3 is 14.5 Å². The van der Waals surface area contributed by atoms with Gasteiger partial charge in [0.15, 0.2) is 0 Å². The molecule has 154 valence electrons. The number of hydrogen-bond acceptors (Lipinski definition) is 4. The van der Waals surface area contributed by atoms with Crippen molar-refractivity contribution in [2.75, 3.05) is 33.3 Å². The number of nitrogens with zero attached hydrogens (tertiary/aromatic N) is 3. The van der Waals surface area contributed by atoms with E-state index < -0.39 is 0 Å². The fourth-order valence-corrected chi connectivity index (χ4v) is 3.89. The van der Waals surface area contributed by atoms with Gasteiger partial charge in [-0.1, -0.05) is 23.7 Å². The molecule has 0 spiro atoms. The van der Waals surface area contributed by atoms with Gasteiger partial charge in [-0.2, -0.15) is 0 Å². The Morgan fingerprint density at radius 3 is 2.43 bits per heavy atom. The summed E-state index contributed by atoms with van der Waals surface area (Å²) in [4.78, 5) is 33.9. The third-order valence-corrected chi connectivity index (χ3v) is 5.52. The average molecular weight is 424 g/mol. The molecule has 7 heteroatoms. The van der Waals surface area contributed by atoms with Gasteiger partial charge in [-0.3, -0.25) is 9.59 Å². The van der Waals surface area contributed by atoms with Crippen molar-refractivity contribution in [2.24, 2.45) is 0 Å². The van der Waals surface area contributed by atoms with Crippen molar-refractivity contribution < 1.29 is 14.3 Å². The molecule has 2 heterocycles. The van der Waals surface area contributed by atoms with E-state index in [1.54, 1.807) is 41.2 Å². The molecule has 0 unspecified atom stereocenters. The molecule has 4 rings (SSSR count). The lowest BCUT2D eigenvalue weighted by atomic mass is 10.1. The largest absolute Gasteiger partial charge is 0.496 e. The number of carbonyl (C=O) groups excluding carboxylic acids is 2. The zero-order chi connectivity index (χ0) is 21.1. The monoisotopic (exact) mass is 423 g/mol. The fourth-order valence-electron chi connectivity index (χ4n) is 3.73. The van der Waals surface area contributed by atoms with E-state index in [0.717, 1.165) is 17.3 Å². The molecule has 30 heavy (non-hydrogen) atoms. The lowest BCUT2D eigenvalue weighted by molar-refractivity contribution is 0.0717. The van der Waals surface area contributed by atoms with Gasteiger partial charge in [0.25, 0.3) is 11.8 Å². The Bertz CT molecular complexity index is 1100. The van der Waals surface area contributed by atoms with E-state index in [4.69, 9.17) is 16.3 Å². The predicted octanol–water partition coefficient (Wildman–Crippen LogP) is 3.89. The van der Waals surface area contributed by atoms with E-state index in [0.29, 0.717) is 48.2 Å². The molecule has 1 aliphatic heterocycles. The Morgan fingerprint density at radius 2 is 1.67 bits per heavy atom. The van der Waals surface area contributed by atoms with Crippen LogP contribution >= 0.6 is 11.6 Å². The summed E-state index contributed by atoms with van der Waals surface area (Å²) in [5.41, 5.74) is 1.90. The number of ether oxygens (including phenoxy) is 1. The normalized spacial score (nSPS) is 14.5. The third-order valence-electron chi connectivity index (χ3n) is 5.31. The number of hydrogen-bond donors (Lipinski definition) is 0. The van der Waals surface area contributed by atoms with Gasteiger partial charge in [-0.25, -0.2) is 4.98 Å². The number of fused-ring (bicyclic) bond motifs is 1. The van der Waals surface area contributed by atoms with E-state index in [1.807, 2.05) is 30.3 Å². The van der Waals surface area contributed by atoms with E-state index >= 15 is 0 Å². The van der Waals surface area contributed by atoms with Crippen molar-refractivity contribution in [1.82, 2.24) is 14.8 Å². The van der Waals surface area contributed by atoms with Crippen molar-refractivity contribution in [3.63, 3.8) is 0 Å².